The summed E-state index contributed by atoms with van der Waals surface area (Å²) >= 11 is 0. The third-order valence-electron chi connectivity index (χ3n) is 1.98. The van der Waals surface area contributed by atoms with E-state index in [4.69, 9.17) is 0 Å². The van der Waals surface area contributed by atoms with Crippen LogP contribution in [-0.2, 0) is 4.79 Å². The van der Waals surface area contributed by atoms with Gasteiger partial charge in [-0.15, -0.1) is 0 Å². The molecule has 1 atom stereocenters. The second-order valence-electron chi connectivity index (χ2n) is 3.74. The molecule has 0 aromatic heterocycles. The van der Waals surface area contributed by atoms with Gasteiger partial charge in [0.05, 0.1) is 0 Å². The van der Waals surface area contributed by atoms with Gasteiger partial charge >= 0.3 is 6.41 Å². The van der Waals surface area contributed by atoms with E-state index >= 15 is 0 Å². The molecule has 0 saturated carbocycles. The molecule has 0 aromatic carbocycles. The van der Waals surface area contributed by atoms with Gasteiger partial charge in [0, 0.05) is 13.1 Å². The Morgan fingerprint density at radius 3 is 1.90 bits per heavy atom. The van der Waals surface area contributed by atoms with Crippen molar-refractivity contribution in [1.82, 2.24) is 4.90 Å². The van der Waals surface area contributed by atoms with Crippen molar-refractivity contribution in [2.45, 2.75) is 33.7 Å². The highest BCUT2D eigenvalue weighted by atomic mass is 16.1. The number of nitrogens with zero attached hydrogens (tertiary/aromatic N) is 1. The van der Waals surface area contributed by atoms with Gasteiger partial charge in [0.15, 0.2) is 0 Å². The molecule has 0 aliphatic heterocycles. The van der Waals surface area contributed by atoms with Gasteiger partial charge in [-0.3, -0.25) is 4.79 Å². The van der Waals surface area contributed by atoms with Crippen LogP contribution in [0.15, 0.2) is 0 Å². The molecule has 1 amide bonds. The van der Waals surface area contributed by atoms with E-state index in [0.29, 0.717) is 0 Å². The highest BCUT2D eigenvalue weighted by Gasteiger charge is 2.22. The minimum Gasteiger partial charge on any atom is -0.334 e. The van der Waals surface area contributed by atoms with Gasteiger partial charge in [0.1, 0.15) is 0 Å². The molecule has 0 saturated heterocycles. The van der Waals surface area contributed by atoms with Crippen LogP contribution < -0.4 is 0 Å². The molecule has 0 N–H and O–H groups in total. The molecular weight excluding hydrogens is 126 g/mol. The van der Waals surface area contributed by atoms with Crippen molar-refractivity contribution in [2.75, 3.05) is 7.05 Å². The standard InChI is InChI=1S/C8H16NO/c1-7(8(2,3)4)9(5)6-10/h7H,1-5H3. The molecule has 0 spiro atoms. The molecule has 2 heteroatoms. The molecule has 0 aliphatic carbocycles. The summed E-state index contributed by atoms with van der Waals surface area (Å²) in [6, 6.07) is 0.241. The summed E-state index contributed by atoms with van der Waals surface area (Å²) in [5.74, 6) is 0. The monoisotopic (exact) mass is 142 g/mol. The van der Waals surface area contributed by atoms with Crippen molar-refractivity contribution in [3.8, 4) is 0 Å². The SMILES string of the molecule is CC(N(C)[C]=O)C(C)(C)C. The van der Waals surface area contributed by atoms with E-state index in [9.17, 15) is 4.79 Å². The predicted octanol–water partition coefficient (Wildman–Crippen LogP) is 1.42. The van der Waals surface area contributed by atoms with Crippen LogP contribution in [0.25, 0.3) is 0 Å². The summed E-state index contributed by atoms with van der Waals surface area (Å²) in [6.07, 6.45) is 1.85. The van der Waals surface area contributed by atoms with Crippen LogP contribution in [0.3, 0.4) is 0 Å². The Balaban J connectivity index is 4.07. The molecular formula is C8H16NO. The molecule has 2 nitrogen and oxygen atoms in total. The summed E-state index contributed by atoms with van der Waals surface area (Å²) in [5, 5.41) is 0. The predicted molar refractivity (Wildman–Crippen MR) is 42.4 cm³/mol. The number of hydrogen-bond acceptors (Lipinski definition) is 1. The number of hydrogen-bond donors (Lipinski definition) is 0. The fourth-order valence-electron chi connectivity index (χ4n) is 0.660. The largest absolute Gasteiger partial charge is 0.334 e. The highest BCUT2D eigenvalue weighted by molar-refractivity contribution is 5.48. The molecule has 0 aromatic rings. The van der Waals surface area contributed by atoms with Crippen LogP contribution in [0.4, 0.5) is 0 Å². The van der Waals surface area contributed by atoms with Crippen LogP contribution in [0.1, 0.15) is 27.7 Å². The number of carbonyl (C=O) groups excluding carboxylic acids is 1. The van der Waals surface area contributed by atoms with Crippen LogP contribution >= 0.6 is 0 Å². The lowest BCUT2D eigenvalue weighted by atomic mass is 9.87. The Morgan fingerprint density at radius 2 is 1.80 bits per heavy atom. The van der Waals surface area contributed by atoms with Gasteiger partial charge in [-0.2, -0.15) is 0 Å². The first-order valence-electron chi connectivity index (χ1n) is 3.50. The van der Waals surface area contributed by atoms with Gasteiger partial charge in [-0.05, 0) is 12.3 Å². The van der Waals surface area contributed by atoms with E-state index in [-0.39, 0.29) is 11.5 Å². The minimum absolute atomic E-state index is 0.145. The van der Waals surface area contributed by atoms with Gasteiger partial charge in [-0.25, -0.2) is 0 Å². The first-order valence-corrected chi connectivity index (χ1v) is 3.50. The van der Waals surface area contributed by atoms with E-state index in [0.717, 1.165) is 0 Å². The Bertz CT molecular complexity index is 115. The zero-order chi connectivity index (χ0) is 8.36. The third-order valence-corrected chi connectivity index (χ3v) is 1.98. The van der Waals surface area contributed by atoms with Crippen LogP contribution in [0.5, 0.6) is 0 Å². The maximum absolute atomic E-state index is 10.2. The Labute approximate surface area is 63.2 Å². The third kappa shape index (κ3) is 2.38. The minimum atomic E-state index is 0.145. The highest BCUT2D eigenvalue weighted by Crippen LogP contribution is 2.21. The average Bonchev–Trinajstić information content (AvgIpc) is 1.83. The zero-order valence-corrected chi connectivity index (χ0v) is 7.43. The molecule has 0 fully saturated rings. The molecule has 0 rings (SSSR count). The van der Waals surface area contributed by atoms with Gasteiger partial charge in [-0.1, -0.05) is 20.8 Å². The van der Waals surface area contributed by atoms with E-state index in [1.165, 1.54) is 0 Å². The van der Waals surface area contributed by atoms with Gasteiger partial charge in [0.2, 0.25) is 0 Å². The van der Waals surface area contributed by atoms with E-state index in [1.807, 2.05) is 13.3 Å². The van der Waals surface area contributed by atoms with Crippen molar-refractivity contribution >= 4 is 6.41 Å². The maximum atomic E-state index is 10.2. The zero-order valence-electron chi connectivity index (χ0n) is 7.43. The first-order chi connectivity index (χ1) is 4.39. The van der Waals surface area contributed by atoms with Crippen LogP contribution in [0, 0.1) is 5.41 Å². The van der Waals surface area contributed by atoms with Crippen molar-refractivity contribution < 1.29 is 4.79 Å². The summed E-state index contributed by atoms with van der Waals surface area (Å²) in [4.78, 5) is 11.8. The Hall–Kier alpha value is -0.530. The van der Waals surface area contributed by atoms with Crippen molar-refractivity contribution in [2.24, 2.45) is 5.41 Å². The van der Waals surface area contributed by atoms with E-state index < -0.39 is 0 Å². The number of amides is 1. The summed E-state index contributed by atoms with van der Waals surface area (Å²) < 4.78 is 0. The number of rotatable bonds is 2. The Kier molecular flexibility index (Phi) is 2.88. The Morgan fingerprint density at radius 1 is 1.40 bits per heavy atom. The van der Waals surface area contributed by atoms with Crippen molar-refractivity contribution in [3.05, 3.63) is 0 Å². The normalized spacial score (nSPS) is 14.5. The van der Waals surface area contributed by atoms with Crippen LogP contribution in [0.2, 0.25) is 0 Å². The lowest BCUT2D eigenvalue weighted by Crippen LogP contribution is -2.38. The summed E-state index contributed by atoms with van der Waals surface area (Å²) in [5.41, 5.74) is 0.145. The molecule has 0 heterocycles. The molecule has 10 heavy (non-hydrogen) atoms. The van der Waals surface area contributed by atoms with E-state index in [2.05, 4.69) is 20.8 Å². The lowest BCUT2D eigenvalue weighted by Gasteiger charge is -2.32. The second-order valence-corrected chi connectivity index (χ2v) is 3.74. The summed E-state index contributed by atoms with van der Waals surface area (Å²) in [6.45, 7) is 8.33. The lowest BCUT2D eigenvalue weighted by molar-refractivity contribution is 0.202. The molecule has 59 valence electrons. The molecule has 0 aliphatic rings. The van der Waals surface area contributed by atoms with Gasteiger partial charge in [0.25, 0.3) is 0 Å². The summed E-state index contributed by atoms with van der Waals surface area (Å²) in [7, 11) is 1.75. The van der Waals surface area contributed by atoms with Gasteiger partial charge < -0.3 is 4.90 Å². The fraction of sp³-hybridized carbons (Fsp3) is 0.875. The molecule has 0 bridgehead atoms. The molecule has 1 unspecified atom stereocenters. The van der Waals surface area contributed by atoms with Crippen LogP contribution in [-0.4, -0.2) is 24.4 Å². The smallest absolute Gasteiger partial charge is 0.312 e. The van der Waals surface area contributed by atoms with E-state index in [1.54, 1.807) is 11.9 Å². The topological polar surface area (TPSA) is 20.3 Å². The fourth-order valence-corrected chi connectivity index (χ4v) is 0.660. The maximum Gasteiger partial charge on any atom is 0.312 e. The van der Waals surface area contributed by atoms with Crippen molar-refractivity contribution in [1.29, 1.82) is 0 Å². The second kappa shape index (κ2) is 3.04. The quantitative estimate of drug-likeness (QED) is 0.534. The van der Waals surface area contributed by atoms with Crippen molar-refractivity contribution in [3.63, 3.8) is 0 Å². The first kappa shape index (κ1) is 9.47. The average molecular weight is 142 g/mol. The molecule has 1 radical (unpaired) electrons.